The SMILES string of the molecule is COC(=O)c1ccc(C2C(Oc3ccc(Cl)cc3)C(=O)N2c2ccccc2C)cc1. The second-order valence-electron chi connectivity index (χ2n) is 7.05. The summed E-state index contributed by atoms with van der Waals surface area (Å²) in [5.74, 6) is 0.0376. The van der Waals surface area contributed by atoms with E-state index in [1.807, 2.05) is 43.3 Å². The Labute approximate surface area is 179 Å². The number of β-lactam (4-membered cyclic amide) rings is 1. The minimum atomic E-state index is -0.685. The molecule has 3 aromatic rings. The van der Waals surface area contributed by atoms with E-state index in [0.717, 1.165) is 16.8 Å². The summed E-state index contributed by atoms with van der Waals surface area (Å²) < 4.78 is 10.8. The molecule has 0 aliphatic carbocycles. The molecule has 0 spiro atoms. The molecule has 1 heterocycles. The summed E-state index contributed by atoms with van der Waals surface area (Å²) in [5, 5.41) is 0.596. The molecule has 4 rings (SSSR count). The van der Waals surface area contributed by atoms with Crippen LogP contribution in [0.15, 0.2) is 72.8 Å². The monoisotopic (exact) mass is 421 g/mol. The van der Waals surface area contributed by atoms with Gasteiger partial charge in [0.2, 0.25) is 6.10 Å². The lowest BCUT2D eigenvalue weighted by molar-refractivity contribution is -0.135. The second-order valence-corrected chi connectivity index (χ2v) is 7.48. The average Bonchev–Trinajstić information content (AvgIpc) is 2.77. The lowest BCUT2D eigenvalue weighted by Crippen LogP contribution is -2.61. The summed E-state index contributed by atoms with van der Waals surface area (Å²) >= 11 is 5.95. The van der Waals surface area contributed by atoms with Crippen LogP contribution in [-0.4, -0.2) is 25.1 Å². The van der Waals surface area contributed by atoms with Crippen molar-refractivity contribution in [2.75, 3.05) is 12.0 Å². The van der Waals surface area contributed by atoms with E-state index in [2.05, 4.69) is 0 Å². The minimum absolute atomic E-state index is 0.124. The standard InChI is InChI=1S/C24H20ClNO4/c1-15-5-3-4-6-20(15)26-21(16-7-9-17(10-8-16)24(28)29-2)22(23(26)27)30-19-13-11-18(25)12-14-19/h3-14,21-22H,1-2H3. The molecule has 30 heavy (non-hydrogen) atoms. The molecular weight excluding hydrogens is 402 g/mol. The van der Waals surface area contributed by atoms with Gasteiger partial charge in [0.05, 0.1) is 12.7 Å². The molecule has 0 N–H and O–H groups in total. The van der Waals surface area contributed by atoms with Crippen molar-refractivity contribution in [1.82, 2.24) is 0 Å². The normalized spacial score (nSPS) is 18.0. The van der Waals surface area contributed by atoms with Gasteiger partial charge in [0.25, 0.3) is 5.91 Å². The number of amides is 1. The fourth-order valence-electron chi connectivity index (χ4n) is 3.60. The van der Waals surface area contributed by atoms with Crippen LogP contribution >= 0.6 is 11.6 Å². The number of para-hydroxylation sites is 1. The first-order chi connectivity index (χ1) is 14.5. The Bertz CT molecular complexity index is 1080. The minimum Gasteiger partial charge on any atom is -0.478 e. The van der Waals surface area contributed by atoms with Gasteiger partial charge in [0.1, 0.15) is 11.8 Å². The van der Waals surface area contributed by atoms with Gasteiger partial charge in [-0.2, -0.15) is 0 Å². The number of halogens is 1. The molecule has 152 valence electrons. The van der Waals surface area contributed by atoms with E-state index in [4.69, 9.17) is 21.1 Å². The lowest BCUT2D eigenvalue weighted by atomic mass is 9.88. The van der Waals surface area contributed by atoms with Gasteiger partial charge in [-0.05, 0) is 60.5 Å². The molecular formula is C24H20ClNO4. The third-order valence-electron chi connectivity index (χ3n) is 5.17. The number of hydrogen-bond donors (Lipinski definition) is 0. The smallest absolute Gasteiger partial charge is 0.337 e. The van der Waals surface area contributed by atoms with Gasteiger partial charge in [-0.3, -0.25) is 9.69 Å². The molecule has 0 aromatic heterocycles. The molecule has 1 aliphatic rings. The third kappa shape index (κ3) is 3.64. The van der Waals surface area contributed by atoms with Gasteiger partial charge in [-0.15, -0.1) is 0 Å². The Balaban J connectivity index is 1.69. The van der Waals surface area contributed by atoms with Crippen LogP contribution in [0.5, 0.6) is 5.75 Å². The van der Waals surface area contributed by atoms with Crippen LogP contribution in [0.25, 0.3) is 0 Å². The van der Waals surface area contributed by atoms with Crippen molar-refractivity contribution in [3.63, 3.8) is 0 Å². The van der Waals surface area contributed by atoms with Crippen molar-refractivity contribution < 1.29 is 19.1 Å². The molecule has 5 nitrogen and oxygen atoms in total. The summed E-state index contributed by atoms with van der Waals surface area (Å²) in [6, 6.07) is 21.4. The van der Waals surface area contributed by atoms with Crippen molar-refractivity contribution in [3.05, 3.63) is 94.5 Å². The Morgan fingerprint density at radius 1 is 0.967 bits per heavy atom. The van der Waals surface area contributed by atoms with Crippen molar-refractivity contribution >= 4 is 29.2 Å². The molecule has 2 atom stereocenters. The lowest BCUT2D eigenvalue weighted by Gasteiger charge is -2.47. The number of anilines is 1. The number of esters is 1. The molecule has 1 fully saturated rings. The van der Waals surface area contributed by atoms with Crippen LogP contribution in [0.2, 0.25) is 5.02 Å². The van der Waals surface area contributed by atoms with E-state index in [0.29, 0.717) is 16.3 Å². The zero-order chi connectivity index (χ0) is 21.3. The van der Waals surface area contributed by atoms with Crippen LogP contribution in [-0.2, 0) is 9.53 Å². The highest BCUT2D eigenvalue weighted by Crippen LogP contribution is 2.42. The van der Waals surface area contributed by atoms with Crippen LogP contribution < -0.4 is 9.64 Å². The quantitative estimate of drug-likeness (QED) is 0.431. The number of aryl methyl sites for hydroxylation is 1. The van der Waals surface area contributed by atoms with Crippen LogP contribution in [0.3, 0.4) is 0 Å². The van der Waals surface area contributed by atoms with Gasteiger partial charge in [-0.1, -0.05) is 41.9 Å². The molecule has 2 unspecified atom stereocenters. The van der Waals surface area contributed by atoms with Crippen LogP contribution in [0, 0.1) is 6.92 Å². The highest BCUT2D eigenvalue weighted by Gasteiger charge is 2.51. The summed E-state index contributed by atoms with van der Waals surface area (Å²) in [6.45, 7) is 1.97. The van der Waals surface area contributed by atoms with E-state index in [1.165, 1.54) is 7.11 Å². The first kappa shape index (κ1) is 20.0. The maximum atomic E-state index is 13.1. The third-order valence-corrected chi connectivity index (χ3v) is 5.42. The van der Waals surface area contributed by atoms with Crippen molar-refractivity contribution in [3.8, 4) is 5.75 Å². The molecule has 1 aliphatic heterocycles. The molecule has 1 amide bonds. The van der Waals surface area contributed by atoms with E-state index in [1.54, 1.807) is 41.3 Å². The summed E-state index contributed by atoms with van der Waals surface area (Å²) in [6.07, 6.45) is -0.685. The topological polar surface area (TPSA) is 55.8 Å². The maximum absolute atomic E-state index is 13.1. The summed E-state index contributed by atoms with van der Waals surface area (Å²) in [5.41, 5.74) is 3.14. The first-order valence-electron chi connectivity index (χ1n) is 9.49. The number of hydrogen-bond acceptors (Lipinski definition) is 4. The zero-order valence-electron chi connectivity index (χ0n) is 16.5. The summed E-state index contributed by atoms with van der Waals surface area (Å²) in [4.78, 5) is 26.6. The molecule has 0 saturated carbocycles. The molecule has 3 aromatic carbocycles. The average molecular weight is 422 g/mol. The number of benzene rings is 3. The fourth-order valence-corrected chi connectivity index (χ4v) is 3.72. The molecule has 0 bridgehead atoms. The van der Waals surface area contributed by atoms with Gasteiger partial charge < -0.3 is 9.47 Å². The Kier molecular flexibility index (Phi) is 5.46. The summed E-state index contributed by atoms with van der Waals surface area (Å²) in [7, 11) is 1.34. The van der Waals surface area contributed by atoms with E-state index >= 15 is 0 Å². The maximum Gasteiger partial charge on any atom is 0.337 e. The number of carbonyl (C=O) groups is 2. The number of carbonyl (C=O) groups excluding carboxylic acids is 2. The largest absolute Gasteiger partial charge is 0.478 e. The van der Waals surface area contributed by atoms with Crippen LogP contribution in [0.4, 0.5) is 5.69 Å². The Morgan fingerprint density at radius 3 is 2.27 bits per heavy atom. The fraction of sp³-hybridized carbons (Fsp3) is 0.167. The molecule has 6 heteroatoms. The van der Waals surface area contributed by atoms with Crippen molar-refractivity contribution in [2.24, 2.45) is 0 Å². The predicted molar refractivity (Wildman–Crippen MR) is 115 cm³/mol. The van der Waals surface area contributed by atoms with E-state index in [9.17, 15) is 9.59 Å². The number of rotatable bonds is 5. The molecule has 1 saturated heterocycles. The number of methoxy groups -OCH3 is 1. The first-order valence-corrected chi connectivity index (χ1v) is 9.86. The van der Waals surface area contributed by atoms with E-state index in [-0.39, 0.29) is 11.9 Å². The van der Waals surface area contributed by atoms with Crippen LogP contribution in [0.1, 0.15) is 27.5 Å². The zero-order valence-corrected chi connectivity index (χ0v) is 17.3. The van der Waals surface area contributed by atoms with E-state index < -0.39 is 12.1 Å². The Morgan fingerprint density at radius 2 is 1.63 bits per heavy atom. The molecule has 0 radical (unpaired) electrons. The van der Waals surface area contributed by atoms with Crippen molar-refractivity contribution in [1.29, 1.82) is 0 Å². The van der Waals surface area contributed by atoms with Crippen molar-refractivity contribution in [2.45, 2.75) is 19.1 Å². The highest BCUT2D eigenvalue weighted by atomic mass is 35.5. The second kappa shape index (κ2) is 8.20. The van der Waals surface area contributed by atoms with Gasteiger partial charge in [0.15, 0.2) is 0 Å². The van der Waals surface area contributed by atoms with Gasteiger partial charge in [-0.25, -0.2) is 4.79 Å². The number of nitrogens with zero attached hydrogens (tertiary/aromatic N) is 1. The van der Waals surface area contributed by atoms with Gasteiger partial charge in [0, 0.05) is 10.7 Å². The Hall–Kier alpha value is -3.31. The van der Waals surface area contributed by atoms with Gasteiger partial charge >= 0.3 is 5.97 Å². The predicted octanol–water partition coefficient (Wildman–Crippen LogP) is 4.97. The highest BCUT2D eigenvalue weighted by molar-refractivity contribution is 6.30. The number of ether oxygens (including phenoxy) is 2.